The summed E-state index contributed by atoms with van der Waals surface area (Å²) in [5.41, 5.74) is 2.11. The maximum Gasteiger partial charge on any atom is 0.260 e. The fourth-order valence-corrected chi connectivity index (χ4v) is 4.70. The maximum atomic E-state index is 12.3. The number of phenolic OH excluding ortho intramolecular Hbond substituents is 1. The monoisotopic (exact) mass is 498 g/mol. The molecular weight excluding hydrogens is 484 g/mol. The normalized spacial score (nSPS) is 18.1. The largest absolute Gasteiger partial charge is 0.506 e. The number of thioether (sulfide) groups is 1. The Bertz CT molecular complexity index is 902. The van der Waals surface area contributed by atoms with Gasteiger partial charge in [-0.3, -0.25) is 4.79 Å². The van der Waals surface area contributed by atoms with E-state index in [1.54, 1.807) is 25.3 Å². The first-order valence-electron chi connectivity index (χ1n) is 7.66. The molecule has 1 saturated heterocycles. The molecule has 0 spiro atoms. The van der Waals surface area contributed by atoms with Crippen LogP contribution in [0.15, 0.2) is 44.2 Å². The van der Waals surface area contributed by atoms with Gasteiger partial charge < -0.3 is 20.5 Å². The molecule has 1 amide bonds. The number of phenols is 1. The van der Waals surface area contributed by atoms with Crippen LogP contribution in [0.5, 0.6) is 11.5 Å². The second kappa shape index (κ2) is 7.94. The fourth-order valence-electron chi connectivity index (χ4n) is 2.48. The molecule has 5 nitrogen and oxygen atoms in total. The SMILES string of the molecule is COc1ccc(C)cc1NC1NC(=O)/C(=C/c2cc(Br)cc(Br)c2O)S1. The lowest BCUT2D eigenvalue weighted by molar-refractivity contribution is -0.116. The van der Waals surface area contributed by atoms with Crippen molar-refractivity contribution in [3.63, 3.8) is 0 Å². The van der Waals surface area contributed by atoms with Crippen LogP contribution in [-0.4, -0.2) is 23.6 Å². The van der Waals surface area contributed by atoms with Crippen molar-refractivity contribution in [1.82, 2.24) is 5.32 Å². The van der Waals surface area contributed by atoms with Crippen LogP contribution in [0, 0.1) is 6.92 Å². The highest BCUT2D eigenvalue weighted by atomic mass is 79.9. The molecule has 26 heavy (non-hydrogen) atoms. The Hall–Kier alpha value is -1.64. The van der Waals surface area contributed by atoms with E-state index in [-0.39, 0.29) is 17.2 Å². The molecule has 0 aliphatic carbocycles. The Kier molecular flexibility index (Phi) is 5.84. The third kappa shape index (κ3) is 4.19. The zero-order chi connectivity index (χ0) is 18.8. The Morgan fingerprint density at radius 1 is 1.31 bits per heavy atom. The zero-order valence-electron chi connectivity index (χ0n) is 14.0. The molecule has 2 aromatic carbocycles. The van der Waals surface area contributed by atoms with Crippen LogP contribution in [0.2, 0.25) is 0 Å². The van der Waals surface area contributed by atoms with Crippen LogP contribution in [-0.2, 0) is 4.79 Å². The molecule has 8 heteroatoms. The Labute approximate surface area is 172 Å². The van der Waals surface area contributed by atoms with E-state index in [2.05, 4.69) is 42.5 Å². The molecule has 3 N–H and O–H groups in total. The van der Waals surface area contributed by atoms with Gasteiger partial charge in [-0.1, -0.05) is 33.8 Å². The molecular formula is C18H16Br2N2O3S. The van der Waals surface area contributed by atoms with E-state index in [1.807, 2.05) is 25.1 Å². The number of ether oxygens (including phenoxy) is 1. The van der Waals surface area contributed by atoms with Gasteiger partial charge in [-0.05, 0) is 58.8 Å². The molecule has 1 atom stereocenters. The summed E-state index contributed by atoms with van der Waals surface area (Å²) in [6.45, 7) is 1.99. The minimum atomic E-state index is -0.331. The first-order chi connectivity index (χ1) is 12.4. The van der Waals surface area contributed by atoms with Crippen LogP contribution < -0.4 is 15.4 Å². The van der Waals surface area contributed by atoms with Crippen molar-refractivity contribution in [3.8, 4) is 11.5 Å². The van der Waals surface area contributed by atoms with Gasteiger partial charge >= 0.3 is 0 Å². The number of carbonyl (C=O) groups excluding carboxylic acids is 1. The average molecular weight is 500 g/mol. The van der Waals surface area contributed by atoms with Gasteiger partial charge in [0.25, 0.3) is 5.91 Å². The molecule has 3 rings (SSSR count). The first kappa shape index (κ1) is 19.1. The number of halogens is 2. The predicted molar refractivity (Wildman–Crippen MR) is 112 cm³/mol. The van der Waals surface area contributed by atoms with E-state index in [0.717, 1.165) is 15.7 Å². The minimum Gasteiger partial charge on any atom is -0.506 e. The lowest BCUT2D eigenvalue weighted by atomic mass is 10.2. The van der Waals surface area contributed by atoms with Gasteiger partial charge in [0.2, 0.25) is 0 Å². The lowest BCUT2D eigenvalue weighted by Crippen LogP contribution is -2.31. The molecule has 1 aliphatic rings. The molecule has 0 bridgehead atoms. The van der Waals surface area contributed by atoms with Crippen molar-refractivity contribution in [2.75, 3.05) is 12.4 Å². The van der Waals surface area contributed by atoms with Crippen LogP contribution in [0.1, 0.15) is 11.1 Å². The van der Waals surface area contributed by atoms with E-state index in [9.17, 15) is 9.90 Å². The molecule has 1 aliphatic heterocycles. The molecule has 136 valence electrons. The number of hydrogen-bond donors (Lipinski definition) is 3. The number of benzene rings is 2. The number of amides is 1. The van der Waals surface area contributed by atoms with E-state index >= 15 is 0 Å². The highest BCUT2D eigenvalue weighted by Gasteiger charge is 2.28. The van der Waals surface area contributed by atoms with Gasteiger partial charge in [-0.2, -0.15) is 0 Å². The smallest absolute Gasteiger partial charge is 0.260 e. The Morgan fingerprint density at radius 3 is 2.81 bits per heavy atom. The summed E-state index contributed by atoms with van der Waals surface area (Å²) in [6, 6.07) is 9.31. The summed E-state index contributed by atoms with van der Waals surface area (Å²) in [6.07, 6.45) is 1.67. The zero-order valence-corrected chi connectivity index (χ0v) is 18.0. The van der Waals surface area contributed by atoms with E-state index in [0.29, 0.717) is 20.7 Å². The number of aromatic hydroxyl groups is 1. The first-order valence-corrected chi connectivity index (χ1v) is 10.1. The minimum absolute atomic E-state index is 0.0888. The summed E-state index contributed by atoms with van der Waals surface area (Å²) in [7, 11) is 1.61. The number of aryl methyl sites for hydroxylation is 1. The number of rotatable bonds is 4. The molecule has 2 aromatic rings. The summed E-state index contributed by atoms with van der Waals surface area (Å²) in [4.78, 5) is 12.8. The molecule has 0 saturated carbocycles. The molecule has 0 aromatic heterocycles. The highest BCUT2D eigenvalue weighted by molar-refractivity contribution is 9.11. The van der Waals surface area contributed by atoms with Crippen molar-refractivity contribution < 1.29 is 14.6 Å². The van der Waals surface area contributed by atoms with E-state index < -0.39 is 0 Å². The Balaban J connectivity index is 1.83. The van der Waals surface area contributed by atoms with Gasteiger partial charge in [0, 0.05) is 10.0 Å². The lowest BCUT2D eigenvalue weighted by Gasteiger charge is -2.16. The van der Waals surface area contributed by atoms with E-state index in [1.165, 1.54) is 11.8 Å². The third-order valence-corrected chi connectivity index (χ3v) is 5.81. The number of carbonyl (C=O) groups is 1. The van der Waals surface area contributed by atoms with Gasteiger partial charge in [0.05, 0.1) is 22.2 Å². The summed E-state index contributed by atoms with van der Waals surface area (Å²) in [5.74, 6) is 0.594. The van der Waals surface area contributed by atoms with Gasteiger partial charge in [0.15, 0.2) is 5.50 Å². The molecule has 1 heterocycles. The average Bonchev–Trinajstić information content (AvgIpc) is 2.91. The van der Waals surface area contributed by atoms with Crippen LogP contribution >= 0.6 is 43.6 Å². The van der Waals surface area contributed by atoms with Gasteiger partial charge in [0.1, 0.15) is 11.5 Å². The summed E-state index contributed by atoms with van der Waals surface area (Å²) < 4.78 is 6.72. The van der Waals surface area contributed by atoms with Crippen LogP contribution in [0.25, 0.3) is 6.08 Å². The fraction of sp³-hybridized carbons (Fsp3) is 0.167. The van der Waals surface area contributed by atoms with Crippen molar-refractivity contribution >= 4 is 61.3 Å². The maximum absolute atomic E-state index is 12.3. The second-order valence-electron chi connectivity index (χ2n) is 5.65. The molecule has 0 radical (unpaired) electrons. The highest BCUT2D eigenvalue weighted by Crippen LogP contribution is 2.37. The second-order valence-corrected chi connectivity index (χ2v) is 8.57. The molecule has 1 unspecified atom stereocenters. The predicted octanol–water partition coefficient (Wildman–Crippen LogP) is 4.83. The number of hydrogen-bond acceptors (Lipinski definition) is 5. The Morgan fingerprint density at radius 2 is 2.08 bits per heavy atom. The quantitative estimate of drug-likeness (QED) is 0.525. The van der Waals surface area contributed by atoms with Gasteiger partial charge in [-0.25, -0.2) is 0 Å². The summed E-state index contributed by atoms with van der Waals surface area (Å²) >= 11 is 8.03. The number of nitrogens with one attached hydrogen (secondary N) is 2. The number of anilines is 1. The van der Waals surface area contributed by atoms with Gasteiger partial charge in [-0.15, -0.1) is 0 Å². The van der Waals surface area contributed by atoms with E-state index in [4.69, 9.17) is 4.74 Å². The molecule has 1 fully saturated rings. The standard InChI is InChI=1S/C18H16Br2N2O3S/c1-9-3-4-14(25-2)13(5-9)21-18-22-17(24)15(26-18)7-10-6-11(19)8-12(20)16(10)23/h3-8,18,21,23H,1-2H3,(H,22,24)/b15-7-. The topological polar surface area (TPSA) is 70.6 Å². The van der Waals surface area contributed by atoms with Crippen molar-refractivity contribution in [2.24, 2.45) is 0 Å². The van der Waals surface area contributed by atoms with Crippen LogP contribution in [0.3, 0.4) is 0 Å². The van der Waals surface area contributed by atoms with Crippen molar-refractivity contribution in [3.05, 3.63) is 55.3 Å². The summed E-state index contributed by atoms with van der Waals surface area (Å²) in [5, 5.41) is 16.3. The van der Waals surface area contributed by atoms with Crippen molar-refractivity contribution in [1.29, 1.82) is 0 Å². The number of methoxy groups -OCH3 is 1. The van der Waals surface area contributed by atoms with Crippen molar-refractivity contribution in [2.45, 2.75) is 12.4 Å². The van der Waals surface area contributed by atoms with Crippen LogP contribution in [0.4, 0.5) is 5.69 Å². The third-order valence-electron chi connectivity index (χ3n) is 3.72.